The number of nitrogens with zero attached hydrogens (tertiary/aromatic N) is 1. The number of hydrogen-bond acceptors (Lipinski definition) is 4. The van der Waals surface area contributed by atoms with Gasteiger partial charge >= 0.3 is 0 Å². The van der Waals surface area contributed by atoms with Crippen LogP contribution in [-0.2, 0) is 0 Å². The van der Waals surface area contributed by atoms with Gasteiger partial charge in [-0.15, -0.1) is 0 Å². The van der Waals surface area contributed by atoms with Crippen LogP contribution in [-0.4, -0.2) is 50.2 Å². The van der Waals surface area contributed by atoms with E-state index in [2.05, 4.69) is 19.2 Å². The highest BCUT2D eigenvalue weighted by Gasteiger charge is 2.26. The van der Waals surface area contributed by atoms with Gasteiger partial charge in [0.15, 0.2) is 11.5 Å². The zero-order chi connectivity index (χ0) is 18.1. The molecule has 0 radical (unpaired) electrons. The molecule has 0 bridgehead atoms. The van der Waals surface area contributed by atoms with E-state index < -0.39 is 0 Å². The second-order valence-corrected chi connectivity index (χ2v) is 6.55. The minimum absolute atomic E-state index is 0.0900. The molecule has 0 unspecified atom stereocenters. The van der Waals surface area contributed by atoms with Crippen LogP contribution in [0.4, 0.5) is 0 Å². The van der Waals surface area contributed by atoms with Gasteiger partial charge in [-0.2, -0.15) is 0 Å². The van der Waals surface area contributed by atoms with Crippen LogP contribution < -0.4 is 14.8 Å². The Morgan fingerprint density at radius 3 is 2.60 bits per heavy atom. The quantitative estimate of drug-likeness (QED) is 0.694. The second kappa shape index (κ2) is 10.3. The molecule has 1 amide bonds. The summed E-state index contributed by atoms with van der Waals surface area (Å²) in [6.07, 6.45) is 5.08. The van der Waals surface area contributed by atoms with E-state index in [0.29, 0.717) is 29.7 Å². The van der Waals surface area contributed by atoms with Crippen molar-refractivity contribution in [1.29, 1.82) is 0 Å². The first kappa shape index (κ1) is 19.6. The zero-order valence-corrected chi connectivity index (χ0v) is 15.8. The third-order valence-electron chi connectivity index (χ3n) is 4.64. The van der Waals surface area contributed by atoms with Crippen LogP contribution >= 0.6 is 0 Å². The van der Waals surface area contributed by atoms with Crippen LogP contribution in [0.3, 0.4) is 0 Å². The van der Waals surface area contributed by atoms with Crippen molar-refractivity contribution >= 4 is 5.91 Å². The Morgan fingerprint density at radius 1 is 1.20 bits per heavy atom. The number of nitrogens with one attached hydrogen (secondary N) is 1. The average Bonchev–Trinajstić information content (AvgIpc) is 2.66. The first-order valence-corrected chi connectivity index (χ1v) is 9.53. The third-order valence-corrected chi connectivity index (χ3v) is 4.64. The number of unbranched alkanes of at least 4 members (excludes halogenated alkanes) is 1. The lowest BCUT2D eigenvalue weighted by molar-refractivity contribution is 0.0642. The van der Waals surface area contributed by atoms with E-state index in [1.165, 1.54) is 0 Å². The molecular weight excluding hydrogens is 316 g/mol. The van der Waals surface area contributed by atoms with Gasteiger partial charge in [0.25, 0.3) is 5.91 Å². The Balaban J connectivity index is 2.15. The molecule has 1 aromatic rings. The Kier molecular flexibility index (Phi) is 8.06. The molecule has 140 valence electrons. The second-order valence-electron chi connectivity index (χ2n) is 6.55. The number of ether oxygens (including phenoxy) is 2. The van der Waals surface area contributed by atoms with Gasteiger partial charge in [0.2, 0.25) is 0 Å². The Morgan fingerprint density at radius 2 is 1.96 bits per heavy atom. The van der Waals surface area contributed by atoms with Crippen molar-refractivity contribution in [1.82, 2.24) is 10.2 Å². The fourth-order valence-electron chi connectivity index (χ4n) is 3.22. The maximum absolute atomic E-state index is 13.1. The molecule has 1 heterocycles. The number of methoxy groups -OCH3 is 1. The highest BCUT2D eigenvalue weighted by Crippen LogP contribution is 2.29. The summed E-state index contributed by atoms with van der Waals surface area (Å²) in [5.41, 5.74) is 0.673. The van der Waals surface area contributed by atoms with Crippen molar-refractivity contribution in [2.45, 2.75) is 52.0 Å². The zero-order valence-electron chi connectivity index (χ0n) is 15.8. The molecule has 1 fully saturated rings. The fourth-order valence-corrected chi connectivity index (χ4v) is 3.22. The lowest BCUT2D eigenvalue weighted by Gasteiger charge is -2.34. The molecule has 5 nitrogen and oxygen atoms in total. The smallest absolute Gasteiger partial charge is 0.254 e. The topological polar surface area (TPSA) is 50.8 Å². The SMILES string of the molecule is CCCCOc1ccc(C(=O)N(CCC)C2CCNCC2)cc1OC. The maximum Gasteiger partial charge on any atom is 0.254 e. The Labute approximate surface area is 151 Å². The van der Waals surface area contributed by atoms with Crippen LogP contribution in [0.2, 0.25) is 0 Å². The highest BCUT2D eigenvalue weighted by molar-refractivity contribution is 5.95. The van der Waals surface area contributed by atoms with E-state index in [4.69, 9.17) is 9.47 Å². The van der Waals surface area contributed by atoms with E-state index in [1.807, 2.05) is 23.1 Å². The normalized spacial score (nSPS) is 15.0. The molecule has 1 N–H and O–H groups in total. The third kappa shape index (κ3) is 5.36. The number of carbonyl (C=O) groups excluding carboxylic acids is 1. The molecule has 1 aliphatic rings. The molecule has 0 spiro atoms. The van der Waals surface area contributed by atoms with Gasteiger partial charge in [-0.05, 0) is 57.0 Å². The molecular formula is C20H32N2O3. The minimum Gasteiger partial charge on any atom is -0.493 e. The van der Waals surface area contributed by atoms with Crippen LogP contribution in [0.1, 0.15) is 56.3 Å². The minimum atomic E-state index is 0.0900. The average molecular weight is 348 g/mol. The number of amides is 1. The van der Waals surface area contributed by atoms with E-state index >= 15 is 0 Å². The number of hydrogen-bond donors (Lipinski definition) is 1. The van der Waals surface area contributed by atoms with Gasteiger partial charge in [-0.25, -0.2) is 0 Å². The van der Waals surface area contributed by atoms with Gasteiger partial charge in [0.05, 0.1) is 13.7 Å². The molecule has 25 heavy (non-hydrogen) atoms. The van der Waals surface area contributed by atoms with Crippen molar-refractivity contribution in [3.8, 4) is 11.5 Å². The predicted octanol–water partition coefficient (Wildman–Crippen LogP) is 3.48. The summed E-state index contributed by atoms with van der Waals surface area (Å²) in [7, 11) is 1.62. The molecule has 1 saturated heterocycles. The molecule has 0 saturated carbocycles. The summed E-state index contributed by atoms with van der Waals surface area (Å²) in [4.78, 5) is 15.1. The molecule has 1 aromatic carbocycles. The molecule has 0 aliphatic carbocycles. The van der Waals surface area contributed by atoms with E-state index in [9.17, 15) is 4.79 Å². The standard InChI is InChI=1S/C20H32N2O3/c1-4-6-14-25-18-8-7-16(15-19(18)24-3)20(23)22(13-5-2)17-9-11-21-12-10-17/h7-8,15,17,21H,4-6,9-14H2,1-3H3. The van der Waals surface area contributed by atoms with Crippen LogP contribution in [0, 0.1) is 0 Å². The fraction of sp³-hybridized carbons (Fsp3) is 0.650. The van der Waals surface area contributed by atoms with Gasteiger partial charge < -0.3 is 19.7 Å². The Bertz CT molecular complexity index is 542. The van der Waals surface area contributed by atoms with Crippen molar-refractivity contribution in [2.75, 3.05) is 33.4 Å². The molecule has 1 aliphatic heterocycles. The van der Waals surface area contributed by atoms with Crippen molar-refractivity contribution in [3.05, 3.63) is 23.8 Å². The van der Waals surface area contributed by atoms with E-state index in [-0.39, 0.29) is 5.91 Å². The van der Waals surface area contributed by atoms with Crippen LogP contribution in [0.15, 0.2) is 18.2 Å². The van der Waals surface area contributed by atoms with Crippen molar-refractivity contribution < 1.29 is 14.3 Å². The molecule has 5 heteroatoms. The number of rotatable bonds is 9. The van der Waals surface area contributed by atoms with Gasteiger partial charge in [0.1, 0.15) is 0 Å². The van der Waals surface area contributed by atoms with E-state index in [1.54, 1.807) is 7.11 Å². The first-order chi connectivity index (χ1) is 12.2. The summed E-state index contributed by atoms with van der Waals surface area (Å²) >= 11 is 0. The molecule has 0 aromatic heterocycles. The summed E-state index contributed by atoms with van der Waals surface area (Å²) < 4.78 is 11.2. The summed E-state index contributed by atoms with van der Waals surface area (Å²) in [6, 6.07) is 5.84. The van der Waals surface area contributed by atoms with Crippen LogP contribution in [0.5, 0.6) is 11.5 Å². The predicted molar refractivity (Wildman–Crippen MR) is 101 cm³/mol. The number of piperidine rings is 1. The number of carbonyl (C=O) groups is 1. The van der Waals surface area contributed by atoms with Gasteiger partial charge in [-0.1, -0.05) is 20.3 Å². The first-order valence-electron chi connectivity index (χ1n) is 9.53. The van der Waals surface area contributed by atoms with E-state index in [0.717, 1.165) is 51.7 Å². The summed E-state index contributed by atoms with van der Waals surface area (Å²) in [5.74, 6) is 1.42. The monoisotopic (exact) mass is 348 g/mol. The highest BCUT2D eigenvalue weighted by atomic mass is 16.5. The largest absolute Gasteiger partial charge is 0.493 e. The lowest BCUT2D eigenvalue weighted by atomic mass is 10.0. The maximum atomic E-state index is 13.1. The molecule has 0 atom stereocenters. The molecule has 2 rings (SSSR count). The number of benzene rings is 1. The van der Waals surface area contributed by atoms with Crippen LogP contribution in [0.25, 0.3) is 0 Å². The van der Waals surface area contributed by atoms with Crippen molar-refractivity contribution in [2.24, 2.45) is 0 Å². The van der Waals surface area contributed by atoms with Gasteiger partial charge in [-0.3, -0.25) is 4.79 Å². The summed E-state index contributed by atoms with van der Waals surface area (Å²) in [5, 5.41) is 3.37. The van der Waals surface area contributed by atoms with Crippen molar-refractivity contribution in [3.63, 3.8) is 0 Å². The lowest BCUT2D eigenvalue weighted by Crippen LogP contribution is -2.46. The Hall–Kier alpha value is -1.75. The van der Waals surface area contributed by atoms with Gasteiger partial charge in [0, 0.05) is 18.2 Å². The summed E-state index contributed by atoms with van der Waals surface area (Å²) in [6.45, 7) is 7.66.